The standard InChI is InChI=1S/C10H18N2O2/c1-6(2)7-5-11-8-10(3,14-4)9(13)12(7)8/h6-8,11H,5H2,1-4H3/t7-,8+,10-/m1/s1. The van der Waals surface area contributed by atoms with Crippen LogP contribution in [0.5, 0.6) is 0 Å². The van der Waals surface area contributed by atoms with Crippen LogP contribution in [-0.2, 0) is 9.53 Å². The minimum Gasteiger partial charge on any atom is -0.365 e. The van der Waals surface area contributed by atoms with E-state index in [9.17, 15) is 4.79 Å². The molecule has 0 unspecified atom stereocenters. The van der Waals surface area contributed by atoms with E-state index in [4.69, 9.17) is 4.74 Å². The second-order valence-electron chi connectivity index (χ2n) is 4.65. The lowest BCUT2D eigenvalue weighted by Crippen LogP contribution is -2.75. The third-order valence-electron chi connectivity index (χ3n) is 3.53. The molecule has 0 aromatic carbocycles. The Kier molecular flexibility index (Phi) is 2.08. The van der Waals surface area contributed by atoms with E-state index < -0.39 is 5.60 Å². The van der Waals surface area contributed by atoms with E-state index in [1.807, 2.05) is 11.8 Å². The lowest BCUT2D eigenvalue weighted by molar-refractivity contribution is -0.195. The molecule has 2 fully saturated rings. The monoisotopic (exact) mass is 198 g/mol. The SMILES string of the molecule is CO[C@@]1(C)C(=O)N2[C@@H](C(C)C)CN[C@@H]21. The van der Waals surface area contributed by atoms with Crippen molar-refractivity contribution in [3.8, 4) is 0 Å². The Balaban J connectivity index is 2.17. The Bertz CT molecular complexity index is 267. The highest BCUT2D eigenvalue weighted by atomic mass is 16.5. The van der Waals surface area contributed by atoms with Crippen LogP contribution in [0.2, 0.25) is 0 Å². The van der Waals surface area contributed by atoms with Crippen molar-refractivity contribution in [2.45, 2.75) is 38.6 Å². The Morgan fingerprint density at radius 3 is 2.79 bits per heavy atom. The van der Waals surface area contributed by atoms with Gasteiger partial charge in [0.15, 0.2) is 5.60 Å². The normalized spacial score (nSPS) is 41.5. The molecule has 2 aliphatic heterocycles. The Morgan fingerprint density at radius 1 is 1.64 bits per heavy atom. The topological polar surface area (TPSA) is 41.6 Å². The maximum Gasteiger partial charge on any atom is 0.259 e. The minimum absolute atomic E-state index is 0.0763. The van der Waals surface area contributed by atoms with Gasteiger partial charge in [-0.05, 0) is 12.8 Å². The first-order valence-electron chi connectivity index (χ1n) is 5.13. The third-order valence-corrected chi connectivity index (χ3v) is 3.53. The summed E-state index contributed by atoms with van der Waals surface area (Å²) < 4.78 is 5.27. The van der Waals surface area contributed by atoms with Crippen molar-refractivity contribution in [3.63, 3.8) is 0 Å². The molecule has 0 radical (unpaired) electrons. The van der Waals surface area contributed by atoms with Crippen molar-refractivity contribution in [1.29, 1.82) is 0 Å². The fourth-order valence-corrected chi connectivity index (χ4v) is 2.41. The number of ether oxygens (including phenoxy) is 1. The molecule has 2 saturated heterocycles. The van der Waals surface area contributed by atoms with Crippen LogP contribution >= 0.6 is 0 Å². The highest BCUT2D eigenvalue weighted by Crippen LogP contribution is 2.38. The van der Waals surface area contributed by atoms with Crippen LogP contribution in [0, 0.1) is 5.92 Å². The number of methoxy groups -OCH3 is 1. The van der Waals surface area contributed by atoms with Crippen LogP contribution in [0.3, 0.4) is 0 Å². The molecule has 1 N–H and O–H groups in total. The summed E-state index contributed by atoms with van der Waals surface area (Å²) in [6.45, 7) is 7.02. The zero-order chi connectivity index (χ0) is 10.5. The predicted octanol–water partition coefficient (Wildman–Crippen LogP) is 0.188. The van der Waals surface area contributed by atoms with E-state index in [1.165, 1.54) is 0 Å². The van der Waals surface area contributed by atoms with E-state index in [1.54, 1.807) is 7.11 Å². The van der Waals surface area contributed by atoms with Gasteiger partial charge >= 0.3 is 0 Å². The summed E-state index contributed by atoms with van der Waals surface area (Å²) in [4.78, 5) is 13.8. The van der Waals surface area contributed by atoms with Crippen molar-refractivity contribution in [2.24, 2.45) is 5.92 Å². The molecule has 2 aliphatic rings. The molecule has 4 heteroatoms. The number of nitrogens with one attached hydrogen (secondary N) is 1. The third kappa shape index (κ3) is 0.982. The predicted molar refractivity (Wildman–Crippen MR) is 52.7 cm³/mol. The molecular weight excluding hydrogens is 180 g/mol. The van der Waals surface area contributed by atoms with Gasteiger partial charge in [-0.3, -0.25) is 10.1 Å². The van der Waals surface area contributed by atoms with E-state index in [0.717, 1.165) is 6.54 Å². The average molecular weight is 198 g/mol. The molecule has 0 saturated carbocycles. The van der Waals surface area contributed by atoms with Crippen molar-refractivity contribution in [2.75, 3.05) is 13.7 Å². The van der Waals surface area contributed by atoms with Gasteiger partial charge in [-0.2, -0.15) is 0 Å². The Labute approximate surface area is 84.6 Å². The first-order chi connectivity index (χ1) is 6.52. The van der Waals surface area contributed by atoms with Gasteiger partial charge in [0.25, 0.3) is 5.91 Å². The minimum atomic E-state index is -0.635. The highest BCUT2D eigenvalue weighted by molar-refractivity contribution is 5.93. The van der Waals surface area contributed by atoms with Gasteiger partial charge in [0.05, 0.1) is 0 Å². The Hall–Kier alpha value is -0.610. The summed E-state index contributed by atoms with van der Waals surface area (Å²) in [6.07, 6.45) is 0.0763. The zero-order valence-corrected chi connectivity index (χ0v) is 9.20. The smallest absolute Gasteiger partial charge is 0.259 e. The first-order valence-corrected chi connectivity index (χ1v) is 5.13. The molecule has 4 nitrogen and oxygen atoms in total. The quantitative estimate of drug-likeness (QED) is 0.644. The second kappa shape index (κ2) is 2.94. The van der Waals surface area contributed by atoms with Crippen LogP contribution in [0.25, 0.3) is 0 Å². The first kappa shape index (κ1) is 9.93. The number of hydrogen-bond donors (Lipinski definition) is 1. The number of fused-ring (bicyclic) bond motifs is 1. The fraction of sp³-hybridized carbons (Fsp3) is 0.900. The number of β-lactam (4-membered cyclic amide) rings is 1. The zero-order valence-electron chi connectivity index (χ0n) is 9.20. The van der Waals surface area contributed by atoms with E-state index >= 15 is 0 Å². The van der Waals surface area contributed by atoms with Gasteiger partial charge in [0, 0.05) is 19.7 Å². The number of hydrogen-bond acceptors (Lipinski definition) is 3. The summed E-state index contributed by atoms with van der Waals surface area (Å²) in [7, 11) is 1.60. The molecule has 1 amide bonds. The van der Waals surface area contributed by atoms with Crippen LogP contribution < -0.4 is 5.32 Å². The summed E-state index contributed by atoms with van der Waals surface area (Å²) in [5.41, 5.74) is -0.635. The summed E-state index contributed by atoms with van der Waals surface area (Å²) in [5, 5.41) is 3.34. The average Bonchev–Trinajstić information content (AvgIpc) is 2.57. The summed E-state index contributed by atoms with van der Waals surface area (Å²) in [6, 6.07) is 0.329. The van der Waals surface area contributed by atoms with E-state index in [2.05, 4.69) is 19.2 Å². The number of carbonyl (C=O) groups excluding carboxylic acids is 1. The van der Waals surface area contributed by atoms with Gasteiger partial charge < -0.3 is 9.64 Å². The maximum absolute atomic E-state index is 11.9. The molecular formula is C10H18N2O2. The molecule has 0 aromatic heterocycles. The highest BCUT2D eigenvalue weighted by Gasteiger charge is 2.63. The van der Waals surface area contributed by atoms with Crippen LogP contribution in [0.15, 0.2) is 0 Å². The summed E-state index contributed by atoms with van der Waals surface area (Å²) >= 11 is 0. The lowest BCUT2D eigenvalue weighted by Gasteiger charge is -2.51. The molecule has 80 valence electrons. The largest absolute Gasteiger partial charge is 0.365 e. The van der Waals surface area contributed by atoms with Crippen LogP contribution in [0.4, 0.5) is 0 Å². The van der Waals surface area contributed by atoms with Crippen LogP contribution in [0.1, 0.15) is 20.8 Å². The van der Waals surface area contributed by atoms with Gasteiger partial charge in [0.2, 0.25) is 0 Å². The van der Waals surface area contributed by atoms with E-state index in [-0.39, 0.29) is 12.1 Å². The Morgan fingerprint density at radius 2 is 2.29 bits per heavy atom. The molecule has 0 spiro atoms. The van der Waals surface area contributed by atoms with Gasteiger partial charge in [-0.25, -0.2) is 0 Å². The van der Waals surface area contributed by atoms with Crippen molar-refractivity contribution < 1.29 is 9.53 Å². The second-order valence-corrected chi connectivity index (χ2v) is 4.65. The van der Waals surface area contributed by atoms with Gasteiger partial charge in [-0.1, -0.05) is 13.8 Å². The van der Waals surface area contributed by atoms with Crippen LogP contribution in [-0.4, -0.2) is 42.3 Å². The van der Waals surface area contributed by atoms with Gasteiger partial charge in [0.1, 0.15) is 6.17 Å². The molecule has 0 aromatic rings. The van der Waals surface area contributed by atoms with Gasteiger partial charge in [-0.15, -0.1) is 0 Å². The lowest BCUT2D eigenvalue weighted by atomic mass is 9.88. The number of rotatable bonds is 2. The molecule has 0 bridgehead atoms. The van der Waals surface area contributed by atoms with Crippen molar-refractivity contribution in [3.05, 3.63) is 0 Å². The number of amides is 1. The molecule has 14 heavy (non-hydrogen) atoms. The molecule has 0 aliphatic carbocycles. The fourth-order valence-electron chi connectivity index (χ4n) is 2.41. The molecule has 2 heterocycles. The summed E-state index contributed by atoms with van der Waals surface area (Å²) in [5.74, 6) is 0.617. The van der Waals surface area contributed by atoms with Crippen molar-refractivity contribution in [1.82, 2.24) is 10.2 Å². The molecule has 2 rings (SSSR count). The number of carbonyl (C=O) groups is 1. The van der Waals surface area contributed by atoms with E-state index in [0.29, 0.717) is 12.0 Å². The maximum atomic E-state index is 11.9. The van der Waals surface area contributed by atoms with Crippen molar-refractivity contribution >= 4 is 5.91 Å². The number of nitrogens with zero attached hydrogens (tertiary/aromatic N) is 1. The molecule has 3 atom stereocenters.